The Hall–Kier alpha value is -1.06. The standard InChI is InChI=1S/C10H14ClN3O2S/c1-3-4-9-8(7-12)10(11)14(13-9)5-6-17(2,15)16/h3-6H2,1-2H3. The number of sulfone groups is 1. The molecular formula is C10H14ClN3O2S. The lowest BCUT2D eigenvalue weighted by atomic mass is 10.2. The smallest absolute Gasteiger partial charge is 0.149 e. The van der Waals surface area contributed by atoms with Crippen LogP contribution in [0.3, 0.4) is 0 Å². The molecule has 0 amide bonds. The number of nitriles is 1. The molecule has 0 aliphatic heterocycles. The van der Waals surface area contributed by atoms with Crippen molar-refractivity contribution in [3.8, 4) is 6.07 Å². The zero-order chi connectivity index (χ0) is 13.1. The maximum Gasteiger partial charge on any atom is 0.149 e. The van der Waals surface area contributed by atoms with Gasteiger partial charge in [0, 0.05) is 6.26 Å². The topological polar surface area (TPSA) is 75.8 Å². The van der Waals surface area contributed by atoms with Crippen molar-refractivity contribution >= 4 is 21.4 Å². The van der Waals surface area contributed by atoms with Gasteiger partial charge in [-0.15, -0.1) is 0 Å². The molecule has 0 saturated carbocycles. The van der Waals surface area contributed by atoms with E-state index in [9.17, 15) is 8.42 Å². The highest BCUT2D eigenvalue weighted by molar-refractivity contribution is 7.90. The van der Waals surface area contributed by atoms with Gasteiger partial charge in [0.25, 0.3) is 0 Å². The molecule has 0 saturated heterocycles. The van der Waals surface area contributed by atoms with Crippen LogP contribution in [0.1, 0.15) is 24.6 Å². The van der Waals surface area contributed by atoms with Gasteiger partial charge in [-0.05, 0) is 6.42 Å². The van der Waals surface area contributed by atoms with Crippen LogP contribution in [-0.4, -0.2) is 30.2 Å². The molecule has 0 aliphatic carbocycles. The van der Waals surface area contributed by atoms with Gasteiger partial charge >= 0.3 is 0 Å². The normalized spacial score (nSPS) is 11.4. The maximum atomic E-state index is 11.1. The Balaban J connectivity index is 2.98. The highest BCUT2D eigenvalue weighted by Crippen LogP contribution is 2.20. The Labute approximate surface area is 106 Å². The minimum Gasteiger partial charge on any atom is -0.251 e. The third-order valence-electron chi connectivity index (χ3n) is 2.24. The van der Waals surface area contributed by atoms with Crippen molar-refractivity contribution in [1.29, 1.82) is 5.26 Å². The van der Waals surface area contributed by atoms with Crippen LogP contribution in [-0.2, 0) is 22.8 Å². The number of halogens is 1. The van der Waals surface area contributed by atoms with Crippen molar-refractivity contribution in [3.63, 3.8) is 0 Å². The van der Waals surface area contributed by atoms with Crippen LogP contribution in [0.4, 0.5) is 0 Å². The first-order valence-corrected chi connectivity index (χ1v) is 7.66. The van der Waals surface area contributed by atoms with E-state index in [0.29, 0.717) is 17.7 Å². The molecule has 1 aromatic rings. The van der Waals surface area contributed by atoms with E-state index in [4.69, 9.17) is 16.9 Å². The maximum absolute atomic E-state index is 11.1. The second-order valence-electron chi connectivity index (χ2n) is 3.83. The highest BCUT2D eigenvalue weighted by Gasteiger charge is 2.16. The number of rotatable bonds is 5. The van der Waals surface area contributed by atoms with Gasteiger partial charge in [0.05, 0.1) is 18.0 Å². The summed E-state index contributed by atoms with van der Waals surface area (Å²) in [5.41, 5.74) is 0.982. The van der Waals surface area contributed by atoms with E-state index in [1.807, 2.05) is 13.0 Å². The highest BCUT2D eigenvalue weighted by atomic mass is 35.5. The van der Waals surface area contributed by atoms with Crippen molar-refractivity contribution in [3.05, 3.63) is 16.4 Å². The minimum atomic E-state index is -3.06. The molecule has 0 atom stereocenters. The van der Waals surface area contributed by atoms with Crippen LogP contribution in [0.15, 0.2) is 0 Å². The molecule has 0 unspecified atom stereocenters. The molecule has 17 heavy (non-hydrogen) atoms. The molecular weight excluding hydrogens is 262 g/mol. The van der Waals surface area contributed by atoms with E-state index in [1.54, 1.807) is 0 Å². The SMILES string of the molecule is CCCc1nn(CCS(C)(=O)=O)c(Cl)c1C#N. The molecule has 1 heterocycles. The molecule has 0 aromatic carbocycles. The first-order valence-electron chi connectivity index (χ1n) is 5.22. The van der Waals surface area contributed by atoms with E-state index in [1.165, 1.54) is 4.68 Å². The van der Waals surface area contributed by atoms with Gasteiger partial charge in [0.15, 0.2) is 0 Å². The fraction of sp³-hybridized carbons (Fsp3) is 0.600. The van der Waals surface area contributed by atoms with Crippen LogP contribution >= 0.6 is 11.6 Å². The summed E-state index contributed by atoms with van der Waals surface area (Å²) in [4.78, 5) is 0. The molecule has 94 valence electrons. The van der Waals surface area contributed by atoms with Gasteiger partial charge in [-0.3, -0.25) is 4.68 Å². The van der Waals surface area contributed by atoms with Crippen LogP contribution in [0.2, 0.25) is 5.15 Å². The molecule has 0 spiro atoms. The molecule has 0 N–H and O–H groups in total. The largest absolute Gasteiger partial charge is 0.251 e. The number of hydrogen-bond donors (Lipinski definition) is 0. The summed E-state index contributed by atoms with van der Waals surface area (Å²) in [6, 6.07) is 2.00. The Morgan fingerprint density at radius 3 is 2.65 bits per heavy atom. The van der Waals surface area contributed by atoms with Crippen molar-refractivity contribution in [2.45, 2.75) is 26.3 Å². The van der Waals surface area contributed by atoms with E-state index in [2.05, 4.69) is 5.10 Å². The monoisotopic (exact) mass is 275 g/mol. The average molecular weight is 276 g/mol. The van der Waals surface area contributed by atoms with Crippen molar-refractivity contribution in [1.82, 2.24) is 9.78 Å². The zero-order valence-corrected chi connectivity index (χ0v) is 11.3. The van der Waals surface area contributed by atoms with E-state index in [0.717, 1.165) is 12.7 Å². The summed E-state index contributed by atoms with van der Waals surface area (Å²) in [6.07, 6.45) is 2.67. The third-order valence-corrected chi connectivity index (χ3v) is 3.54. The molecule has 7 heteroatoms. The number of hydrogen-bond acceptors (Lipinski definition) is 4. The zero-order valence-electron chi connectivity index (χ0n) is 9.77. The predicted molar refractivity (Wildman–Crippen MR) is 65.7 cm³/mol. The summed E-state index contributed by atoms with van der Waals surface area (Å²) in [7, 11) is -3.06. The van der Waals surface area contributed by atoms with Gasteiger partial charge in [-0.1, -0.05) is 24.9 Å². The Morgan fingerprint density at radius 1 is 1.53 bits per heavy atom. The van der Waals surface area contributed by atoms with Crippen molar-refractivity contribution < 1.29 is 8.42 Å². The van der Waals surface area contributed by atoms with E-state index >= 15 is 0 Å². The van der Waals surface area contributed by atoms with Crippen LogP contribution in [0.25, 0.3) is 0 Å². The first-order chi connectivity index (χ1) is 7.89. The first kappa shape index (κ1) is 14.0. The second-order valence-corrected chi connectivity index (χ2v) is 6.45. The van der Waals surface area contributed by atoms with E-state index < -0.39 is 9.84 Å². The van der Waals surface area contributed by atoms with E-state index in [-0.39, 0.29) is 17.5 Å². The molecule has 1 aromatic heterocycles. The lowest BCUT2D eigenvalue weighted by Gasteiger charge is -2.01. The summed E-state index contributed by atoms with van der Waals surface area (Å²) in [5.74, 6) is -0.0369. The molecule has 1 rings (SSSR count). The lowest BCUT2D eigenvalue weighted by Crippen LogP contribution is -2.12. The Morgan fingerprint density at radius 2 is 2.18 bits per heavy atom. The van der Waals surface area contributed by atoms with Crippen LogP contribution in [0.5, 0.6) is 0 Å². The molecule has 0 fully saturated rings. The summed E-state index contributed by atoms with van der Waals surface area (Å²) in [6.45, 7) is 2.15. The second kappa shape index (κ2) is 5.52. The van der Waals surface area contributed by atoms with Gasteiger partial charge < -0.3 is 0 Å². The Kier molecular flexibility index (Phi) is 4.54. The third kappa shape index (κ3) is 3.72. The molecule has 0 aliphatic rings. The predicted octanol–water partition coefficient (Wildman–Crippen LogP) is 1.41. The molecule has 0 bridgehead atoms. The average Bonchev–Trinajstić information content (AvgIpc) is 2.51. The quantitative estimate of drug-likeness (QED) is 0.814. The molecule has 0 radical (unpaired) electrons. The number of aryl methyl sites for hydroxylation is 2. The van der Waals surface area contributed by atoms with Gasteiger partial charge in [0.2, 0.25) is 0 Å². The summed E-state index contributed by atoms with van der Waals surface area (Å²) < 4.78 is 23.5. The van der Waals surface area contributed by atoms with Crippen molar-refractivity contribution in [2.24, 2.45) is 0 Å². The fourth-order valence-corrected chi connectivity index (χ4v) is 2.19. The number of nitrogens with zero attached hydrogens (tertiary/aromatic N) is 3. The minimum absolute atomic E-state index is 0.0369. The summed E-state index contributed by atoms with van der Waals surface area (Å²) in [5, 5.41) is 13.4. The van der Waals surface area contributed by atoms with Crippen molar-refractivity contribution in [2.75, 3.05) is 12.0 Å². The molecule has 5 nitrogen and oxygen atoms in total. The Bertz CT molecular complexity index is 543. The van der Waals surface area contributed by atoms with Gasteiger partial charge in [-0.2, -0.15) is 10.4 Å². The fourth-order valence-electron chi connectivity index (χ4n) is 1.41. The van der Waals surface area contributed by atoms with Gasteiger partial charge in [-0.25, -0.2) is 8.42 Å². The van der Waals surface area contributed by atoms with Crippen LogP contribution in [0, 0.1) is 11.3 Å². The summed E-state index contributed by atoms with van der Waals surface area (Å²) >= 11 is 5.98. The lowest BCUT2D eigenvalue weighted by molar-refractivity contribution is 0.584. The van der Waals surface area contributed by atoms with Gasteiger partial charge in [0.1, 0.15) is 26.6 Å². The number of aromatic nitrogens is 2. The van der Waals surface area contributed by atoms with Crippen LogP contribution < -0.4 is 0 Å².